The number of methoxy groups -OCH3 is 2. The van der Waals surface area contributed by atoms with Crippen LogP contribution in [0.4, 0.5) is 4.39 Å². The molecule has 0 atom stereocenters. The summed E-state index contributed by atoms with van der Waals surface area (Å²) >= 11 is 0. The zero-order chi connectivity index (χ0) is 15.4. The van der Waals surface area contributed by atoms with Gasteiger partial charge in [-0.3, -0.25) is 9.59 Å². The smallest absolute Gasteiger partial charge is 0.251 e. The van der Waals surface area contributed by atoms with Crippen molar-refractivity contribution >= 4 is 5.78 Å². The molecular formula is C15H14FNO4. The molecule has 2 rings (SSSR count). The van der Waals surface area contributed by atoms with Crippen LogP contribution in [0.15, 0.2) is 41.3 Å². The third kappa shape index (κ3) is 3.28. The van der Waals surface area contributed by atoms with Crippen molar-refractivity contribution in [2.75, 3.05) is 14.2 Å². The molecule has 0 saturated carbocycles. The molecule has 1 aromatic carbocycles. The molecule has 6 heteroatoms. The summed E-state index contributed by atoms with van der Waals surface area (Å²) < 4.78 is 24.3. The van der Waals surface area contributed by atoms with Gasteiger partial charge in [-0.1, -0.05) is 0 Å². The molecule has 1 heterocycles. The van der Waals surface area contributed by atoms with Crippen molar-refractivity contribution in [1.29, 1.82) is 0 Å². The summed E-state index contributed by atoms with van der Waals surface area (Å²) in [5.74, 6) is -0.0542. The molecule has 0 N–H and O–H groups in total. The van der Waals surface area contributed by atoms with Crippen LogP contribution in [-0.2, 0) is 6.54 Å². The summed E-state index contributed by atoms with van der Waals surface area (Å²) in [6.07, 6.45) is 0.996. The van der Waals surface area contributed by atoms with Gasteiger partial charge in [0.05, 0.1) is 26.3 Å². The molecule has 0 aliphatic carbocycles. The Hall–Kier alpha value is -2.63. The van der Waals surface area contributed by atoms with Crippen LogP contribution in [0.5, 0.6) is 11.5 Å². The summed E-state index contributed by atoms with van der Waals surface area (Å²) in [5, 5.41) is 0. The minimum Gasteiger partial charge on any atom is -0.497 e. The fourth-order valence-corrected chi connectivity index (χ4v) is 1.89. The van der Waals surface area contributed by atoms with Crippen molar-refractivity contribution in [3.8, 4) is 11.5 Å². The zero-order valence-corrected chi connectivity index (χ0v) is 11.6. The van der Waals surface area contributed by atoms with Gasteiger partial charge in [0.2, 0.25) is 0 Å². The second-order valence-corrected chi connectivity index (χ2v) is 4.30. The topological polar surface area (TPSA) is 57.5 Å². The summed E-state index contributed by atoms with van der Waals surface area (Å²) in [5.41, 5.74) is -0.147. The van der Waals surface area contributed by atoms with Crippen molar-refractivity contribution in [1.82, 2.24) is 4.57 Å². The number of pyridine rings is 1. The number of ketones is 1. The third-order valence-electron chi connectivity index (χ3n) is 2.97. The van der Waals surface area contributed by atoms with E-state index in [4.69, 9.17) is 9.47 Å². The number of ether oxygens (including phenoxy) is 2. The highest BCUT2D eigenvalue weighted by Gasteiger charge is 2.14. The van der Waals surface area contributed by atoms with E-state index in [0.717, 1.165) is 22.9 Å². The van der Waals surface area contributed by atoms with E-state index in [1.807, 2.05) is 0 Å². The van der Waals surface area contributed by atoms with Gasteiger partial charge in [-0.25, -0.2) is 4.39 Å². The third-order valence-corrected chi connectivity index (χ3v) is 2.97. The van der Waals surface area contributed by atoms with Crippen LogP contribution in [0.25, 0.3) is 0 Å². The Bertz CT molecular complexity index is 724. The summed E-state index contributed by atoms with van der Waals surface area (Å²) in [7, 11) is 2.93. The first-order valence-electron chi connectivity index (χ1n) is 6.16. The van der Waals surface area contributed by atoms with Crippen molar-refractivity contribution in [3.05, 3.63) is 58.3 Å². The van der Waals surface area contributed by atoms with Gasteiger partial charge in [0.25, 0.3) is 5.56 Å². The van der Waals surface area contributed by atoms with Crippen LogP contribution in [0, 0.1) is 5.82 Å². The van der Waals surface area contributed by atoms with Crippen LogP contribution in [-0.4, -0.2) is 24.6 Å². The van der Waals surface area contributed by atoms with E-state index >= 15 is 0 Å². The monoisotopic (exact) mass is 291 g/mol. The predicted octanol–water partition coefficient (Wildman–Crippen LogP) is 1.89. The van der Waals surface area contributed by atoms with E-state index in [1.54, 1.807) is 18.2 Å². The Morgan fingerprint density at radius 3 is 2.62 bits per heavy atom. The fourth-order valence-electron chi connectivity index (χ4n) is 1.89. The molecule has 0 aliphatic rings. The number of aromatic nitrogens is 1. The maximum Gasteiger partial charge on any atom is 0.251 e. The van der Waals surface area contributed by atoms with Crippen LogP contribution < -0.4 is 15.0 Å². The average Bonchev–Trinajstić information content (AvgIpc) is 2.50. The van der Waals surface area contributed by atoms with Crippen LogP contribution in [0.1, 0.15) is 10.4 Å². The SMILES string of the molecule is COc1ccc(C(=O)Cn2cc(F)ccc2=O)c(OC)c1. The highest BCUT2D eigenvalue weighted by Crippen LogP contribution is 2.25. The maximum absolute atomic E-state index is 13.1. The van der Waals surface area contributed by atoms with Crippen LogP contribution >= 0.6 is 0 Å². The Kier molecular flexibility index (Phi) is 4.37. The maximum atomic E-state index is 13.1. The minimum atomic E-state index is -0.580. The van der Waals surface area contributed by atoms with E-state index < -0.39 is 11.4 Å². The molecule has 0 radical (unpaired) electrons. The van der Waals surface area contributed by atoms with E-state index in [0.29, 0.717) is 17.1 Å². The number of benzene rings is 1. The Balaban J connectivity index is 2.32. The number of nitrogens with zero attached hydrogens (tertiary/aromatic N) is 1. The normalized spacial score (nSPS) is 10.2. The minimum absolute atomic E-state index is 0.265. The largest absolute Gasteiger partial charge is 0.497 e. The molecule has 0 saturated heterocycles. The Morgan fingerprint density at radius 1 is 1.19 bits per heavy atom. The summed E-state index contributed by atoms with van der Waals surface area (Å²) in [4.78, 5) is 23.8. The second-order valence-electron chi connectivity index (χ2n) is 4.30. The molecule has 5 nitrogen and oxygen atoms in total. The van der Waals surface area contributed by atoms with E-state index in [-0.39, 0.29) is 12.3 Å². The molecule has 0 amide bonds. The zero-order valence-electron chi connectivity index (χ0n) is 11.6. The number of Topliss-reactive ketones (excluding diaryl/α,β-unsaturated/α-hetero) is 1. The van der Waals surface area contributed by atoms with Crippen molar-refractivity contribution in [2.24, 2.45) is 0 Å². The van der Waals surface area contributed by atoms with Crippen molar-refractivity contribution in [2.45, 2.75) is 6.54 Å². The number of rotatable bonds is 5. The highest BCUT2D eigenvalue weighted by atomic mass is 19.1. The lowest BCUT2D eigenvalue weighted by molar-refractivity contribution is 0.0967. The molecule has 21 heavy (non-hydrogen) atoms. The lowest BCUT2D eigenvalue weighted by Gasteiger charge is -2.10. The van der Waals surface area contributed by atoms with Gasteiger partial charge in [-0.2, -0.15) is 0 Å². The average molecular weight is 291 g/mol. The van der Waals surface area contributed by atoms with Gasteiger partial charge >= 0.3 is 0 Å². The second kappa shape index (κ2) is 6.21. The van der Waals surface area contributed by atoms with E-state index in [2.05, 4.69) is 0 Å². The number of halogens is 1. The quantitative estimate of drug-likeness (QED) is 0.789. The predicted molar refractivity (Wildman–Crippen MR) is 74.5 cm³/mol. The lowest BCUT2D eigenvalue weighted by Crippen LogP contribution is -2.23. The summed E-state index contributed by atoms with van der Waals surface area (Å²) in [6, 6.07) is 6.86. The molecule has 110 valence electrons. The van der Waals surface area contributed by atoms with Gasteiger partial charge in [0.15, 0.2) is 5.78 Å². The lowest BCUT2D eigenvalue weighted by atomic mass is 10.1. The molecule has 0 spiro atoms. The molecule has 0 unspecified atom stereocenters. The van der Waals surface area contributed by atoms with E-state index in [9.17, 15) is 14.0 Å². The standard InChI is InChI=1S/C15H14FNO4/c1-20-11-4-5-12(14(7-11)21-2)13(18)9-17-8-10(16)3-6-15(17)19/h3-8H,9H2,1-2H3. The molecule has 2 aromatic rings. The molecule has 1 aromatic heterocycles. The van der Waals surface area contributed by atoms with Crippen molar-refractivity contribution in [3.63, 3.8) is 0 Å². The van der Waals surface area contributed by atoms with Gasteiger partial charge in [0.1, 0.15) is 17.3 Å². The highest BCUT2D eigenvalue weighted by molar-refractivity contribution is 5.98. The molecule has 0 fully saturated rings. The van der Waals surface area contributed by atoms with Crippen molar-refractivity contribution < 1.29 is 18.7 Å². The Labute approximate surface area is 120 Å². The number of hydrogen-bond donors (Lipinski definition) is 0. The van der Waals surface area contributed by atoms with Crippen LogP contribution in [0.2, 0.25) is 0 Å². The number of carbonyl (C=O) groups excluding carboxylic acids is 1. The van der Waals surface area contributed by atoms with Gasteiger partial charge in [-0.05, 0) is 18.2 Å². The number of carbonyl (C=O) groups is 1. The fraction of sp³-hybridized carbons (Fsp3) is 0.200. The molecular weight excluding hydrogens is 277 g/mol. The molecule has 0 aliphatic heterocycles. The number of hydrogen-bond acceptors (Lipinski definition) is 4. The van der Waals surface area contributed by atoms with E-state index in [1.165, 1.54) is 14.2 Å². The van der Waals surface area contributed by atoms with Gasteiger partial charge in [-0.15, -0.1) is 0 Å². The van der Waals surface area contributed by atoms with Gasteiger partial charge < -0.3 is 14.0 Å². The first-order valence-corrected chi connectivity index (χ1v) is 6.16. The summed E-state index contributed by atoms with van der Waals surface area (Å²) in [6.45, 7) is -0.265. The van der Waals surface area contributed by atoms with Crippen LogP contribution in [0.3, 0.4) is 0 Å². The van der Waals surface area contributed by atoms with Gasteiger partial charge in [0, 0.05) is 18.3 Å². The molecule has 0 bridgehead atoms. The first-order chi connectivity index (χ1) is 10.0. The first kappa shape index (κ1) is 14.8. The Morgan fingerprint density at radius 2 is 1.95 bits per heavy atom.